The fraction of sp³-hybridized carbons (Fsp3) is 0.619. The molecule has 0 bridgehead atoms. The average molecular weight is 358 g/mol. The van der Waals surface area contributed by atoms with Crippen LogP contribution < -0.4 is 0 Å². The summed E-state index contributed by atoms with van der Waals surface area (Å²) in [7, 11) is 0. The van der Waals surface area contributed by atoms with Crippen LogP contribution in [0.2, 0.25) is 0 Å². The van der Waals surface area contributed by atoms with Gasteiger partial charge in [-0.3, -0.25) is 9.59 Å². The van der Waals surface area contributed by atoms with Crippen LogP contribution >= 0.6 is 0 Å². The van der Waals surface area contributed by atoms with Gasteiger partial charge in [0.1, 0.15) is 0 Å². The Balaban J connectivity index is 1.61. The molecule has 0 saturated carbocycles. The van der Waals surface area contributed by atoms with E-state index in [0.717, 1.165) is 44.4 Å². The third-order valence-corrected chi connectivity index (χ3v) is 5.27. The number of benzene rings is 1. The average Bonchev–Trinajstić information content (AvgIpc) is 3.13. The van der Waals surface area contributed by atoms with E-state index in [2.05, 4.69) is 25.1 Å². The van der Waals surface area contributed by atoms with Gasteiger partial charge in [-0.15, -0.1) is 0 Å². The Morgan fingerprint density at radius 3 is 2.92 bits per heavy atom. The van der Waals surface area contributed by atoms with Crippen LogP contribution in [-0.2, 0) is 20.9 Å². The van der Waals surface area contributed by atoms with Gasteiger partial charge in [-0.05, 0) is 38.2 Å². The highest BCUT2D eigenvalue weighted by atomic mass is 16.5. The van der Waals surface area contributed by atoms with Crippen molar-refractivity contribution in [2.24, 2.45) is 0 Å². The largest absolute Gasteiger partial charge is 0.376 e. The zero-order valence-corrected chi connectivity index (χ0v) is 15.8. The predicted molar refractivity (Wildman–Crippen MR) is 101 cm³/mol. The van der Waals surface area contributed by atoms with Gasteiger partial charge in [0.15, 0.2) is 0 Å². The second-order valence-electron chi connectivity index (χ2n) is 7.49. The molecule has 0 aliphatic carbocycles. The minimum absolute atomic E-state index is 0.111. The smallest absolute Gasteiger partial charge is 0.224 e. The summed E-state index contributed by atoms with van der Waals surface area (Å²) in [5.41, 5.74) is 2.34. The first kappa shape index (κ1) is 18.9. The molecule has 3 rings (SSSR count). The molecule has 2 heterocycles. The van der Waals surface area contributed by atoms with Crippen molar-refractivity contribution in [2.75, 3.05) is 26.2 Å². The Labute approximate surface area is 156 Å². The Morgan fingerprint density at radius 1 is 1.31 bits per heavy atom. The molecule has 5 heteroatoms. The number of piperidine rings is 1. The minimum atomic E-state index is 0.111. The van der Waals surface area contributed by atoms with Crippen LogP contribution in [0.3, 0.4) is 0 Å². The molecule has 1 aromatic carbocycles. The number of likely N-dealkylation sites (tertiary alicyclic amines) is 1. The van der Waals surface area contributed by atoms with Crippen molar-refractivity contribution in [1.82, 2.24) is 9.80 Å². The van der Waals surface area contributed by atoms with Crippen molar-refractivity contribution in [3.05, 3.63) is 35.4 Å². The number of amides is 2. The van der Waals surface area contributed by atoms with Crippen LogP contribution in [-0.4, -0.2) is 54.0 Å². The SMILES string of the molecule is Cc1cccc(CN(C[C@@H]2CCCO2)C(=O)CCN2CCCCC2=O)c1. The van der Waals surface area contributed by atoms with E-state index in [4.69, 9.17) is 4.74 Å². The highest BCUT2D eigenvalue weighted by Gasteiger charge is 2.24. The lowest BCUT2D eigenvalue weighted by Crippen LogP contribution is -2.41. The van der Waals surface area contributed by atoms with Crippen LogP contribution in [0.1, 0.15) is 49.7 Å². The molecular formula is C21H30N2O3. The molecule has 5 nitrogen and oxygen atoms in total. The Bertz CT molecular complexity index is 625. The number of carbonyl (C=O) groups excluding carboxylic acids is 2. The first-order valence-electron chi connectivity index (χ1n) is 9.84. The number of aryl methyl sites for hydroxylation is 1. The molecule has 0 N–H and O–H groups in total. The van der Waals surface area contributed by atoms with Crippen molar-refractivity contribution in [3.8, 4) is 0 Å². The molecule has 0 aromatic heterocycles. The quantitative estimate of drug-likeness (QED) is 0.753. The van der Waals surface area contributed by atoms with Crippen LogP contribution in [0.15, 0.2) is 24.3 Å². The van der Waals surface area contributed by atoms with Gasteiger partial charge in [0, 0.05) is 45.6 Å². The molecule has 26 heavy (non-hydrogen) atoms. The van der Waals surface area contributed by atoms with Gasteiger partial charge >= 0.3 is 0 Å². The summed E-state index contributed by atoms with van der Waals surface area (Å²) in [4.78, 5) is 28.6. The maximum absolute atomic E-state index is 12.9. The summed E-state index contributed by atoms with van der Waals surface area (Å²) in [6.07, 6.45) is 5.26. The molecule has 2 aliphatic rings. The number of nitrogens with zero attached hydrogens (tertiary/aromatic N) is 2. The van der Waals surface area contributed by atoms with E-state index in [1.54, 1.807) is 0 Å². The number of rotatable bonds is 7. The standard InChI is InChI=1S/C21H30N2O3/c1-17-6-4-7-18(14-17)15-23(16-19-8-5-13-26-19)21(25)10-12-22-11-3-2-9-20(22)24/h4,6-7,14,19H,2-3,5,8-13,15-16H2,1H3/t19-/m0/s1. The Morgan fingerprint density at radius 2 is 2.19 bits per heavy atom. The Kier molecular flexibility index (Phi) is 6.67. The minimum Gasteiger partial charge on any atom is -0.376 e. The third-order valence-electron chi connectivity index (χ3n) is 5.27. The zero-order valence-electron chi connectivity index (χ0n) is 15.8. The molecule has 1 aromatic rings. The van der Waals surface area contributed by atoms with Gasteiger partial charge in [-0.1, -0.05) is 29.8 Å². The van der Waals surface area contributed by atoms with Gasteiger partial charge in [0.25, 0.3) is 0 Å². The molecular weight excluding hydrogens is 328 g/mol. The van der Waals surface area contributed by atoms with E-state index < -0.39 is 0 Å². The van der Waals surface area contributed by atoms with Gasteiger partial charge in [-0.25, -0.2) is 0 Å². The molecule has 2 amide bonds. The number of hydrogen-bond acceptors (Lipinski definition) is 3. The molecule has 2 saturated heterocycles. The van der Waals surface area contributed by atoms with Crippen LogP contribution in [0.5, 0.6) is 0 Å². The monoisotopic (exact) mass is 358 g/mol. The highest BCUT2D eigenvalue weighted by Crippen LogP contribution is 2.17. The fourth-order valence-corrected chi connectivity index (χ4v) is 3.81. The lowest BCUT2D eigenvalue weighted by Gasteiger charge is -2.29. The third kappa shape index (κ3) is 5.31. The maximum Gasteiger partial charge on any atom is 0.224 e. The highest BCUT2D eigenvalue weighted by molar-refractivity contribution is 5.79. The van der Waals surface area contributed by atoms with E-state index >= 15 is 0 Å². The fourth-order valence-electron chi connectivity index (χ4n) is 3.81. The second kappa shape index (κ2) is 9.17. The summed E-state index contributed by atoms with van der Waals surface area (Å²) in [6.45, 7) is 5.43. The van der Waals surface area contributed by atoms with Crippen LogP contribution in [0.4, 0.5) is 0 Å². The van der Waals surface area contributed by atoms with E-state index in [9.17, 15) is 9.59 Å². The zero-order chi connectivity index (χ0) is 18.4. The van der Waals surface area contributed by atoms with Gasteiger partial charge < -0.3 is 14.5 Å². The van der Waals surface area contributed by atoms with Crippen molar-refractivity contribution in [1.29, 1.82) is 0 Å². The number of ether oxygens (including phenoxy) is 1. The summed E-state index contributed by atoms with van der Waals surface area (Å²) in [6, 6.07) is 8.30. The van der Waals surface area contributed by atoms with Crippen LogP contribution in [0, 0.1) is 6.92 Å². The number of carbonyl (C=O) groups is 2. The van der Waals surface area contributed by atoms with E-state index in [1.807, 2.05) is 15.9 Å². The van der Waals surface area contributed by atoms with Gasteiger partial charge in [0.05, 0.1) is 6.10 Å². The van der Waals surface area contributed by atoms with E-state index in [-0.39, 0.29) is 17.9 Å². The van der Waals surface area contributed by atoms with E-state index in [0.29, 0.717) is 32.5 Å². The number of hydrogen-bond donors (Lipinski definition) is 0. The summed E-state index contributed by atoms with van der Waals surface area (Å²) >= 11 is 0. The maximum atomic E-state index is 12.9. The normalized spacial score (nSPS) is 20.4. The topological polar surface area (TPSA) is 49.9 Å². The van der Waals surface area contributed by atoms with Crippen molar-refractivity contribution in [3.63, 3.8) is 0 Å². The molecule has 0 unspecified atom stereocenters. The van der Waals surface area contributed by atoms with Crippen molar-refractivity contribution in [2.45, 2.75) is 58.1 Å². The lowest BCUT2D eigenvalue weighted by molar-refractivity contribution is -0.136. The lowest BCUT2D eigenvalue weighted by atomic mass is 10.1. The van der Waals surface area contributed by atoms with Crippen molar-refractivity contribution < 1.29 is 14.3 Å². The summed E-state index contributed by atoms with van der Waals surface area (Å²) in [5, 5.41) is 0. The summed E-state index contributed by atoms with van der Waals surface area (Å²) in [5.74, 6) is 0.300. The van der Waals surface area contributed by atoms with Crippen molar-refractivity contribution >= 4 is 11.8 Å². The van der Waals surface area contributed by atoms with Gasteiger partial charge in [0.2, 0.25) is 11.8 Å². The molecule has 2 aliphatic heterocycles. The first-order valence-corrected chi connectivity index (χ1v) is 9.84. The first-order chi connectivity index (χ1) is 12.6. The van der Waals surface area contributed by atoms with Gasteiger partial charge in [-0.2, -0.15) is 0 Å². The molecule has 0 spiro atoms. The van der Waals surface area contributed by atoms with Crippen LogP contribution in [0.25, 0.3) is 0 Å². The predicted octanol–water partition coefficient (Wildman–Crippen LogP) is 2.91. The molecule has 1 atom stereocenters. The molecule has 2 fully saturated rings. The summed E-state index contributed by atoms with van der Waals surface area (Å²) < 4.78 is 5.75. The second-order valence-corrected chi connectivity index (χ2v) is 7.49. The molecule has 0 radical (unpaired) electrons. The Hall–Kier alpha value is -1.88. The molecule has 142 valence electrons. The van der Waals surface area contributed by atoms with E-state index in [1.165, 1.54) is 5.56 Å².